The van der Waals surface area contributed by atoms with Gasteiger partial charge in [-0.05, 0) is 48.5 Å². The molecule has 2 aromatic carbocycles. The summed E-state index contributed by atoms with van der Waals surface area (Å²) in [4.78, 5) is 0. The van der Waals surface area contributed by atoms with Gasteiger partial charge in [0, 0.05) is 22.7 Å². The average molecular weight is 272 g/mol. The van der Waals surface area contributed by atoms with Crippen molar-refractivity contribution in [2.45, 2.75) is 0 Å². The van der Waals surface area contributed by atoms with Crippen LogP contribution in [0.4, 0.5) is 0 Å². The summed E-state index contributed by atoms with van der Waals surface area (Å²) in [7, 11) is 0. The number of hydrogen-bond donors (Lipinski definition) is 1. The standard InChI is InChI=1S/C16H14ClNO/c17-15-7-3-13(4-8-15)1-2-14-5-9-16(10-6-14)19-12-11-18/h3-10H,11-12,18H2. The first-order valence-electron chi connectivity index (χ1n) is 5.98. The molecule has 0 saturated carbocycles. The second-order valence-corrected chi connectivity index (χ2v) is 4.35. The van der Waals surface area contributed by atoms with E-state index in [4.69, 9.17) is 22.1 Å². The lowest BCUT2D eigenvalue weighted by molar-refractivity contribution is 0.328. The second kappa shape index (κ2) is 6.84. The van der Waals surface area contributed by atoms with Crippen LogP contribution in [0, 0.1) is 11.8 Å². The van der Waals surface area contributed by atoms with E-state index in [1.807, 2.05) is 48.5 Å². The van der Waals surface area contributed by atoms with Crippen molar-refractivity contribution in [1.82, 2.24) is 0 Å². The molecule has 2 aromatic rings. The minimum Gasteiger partial charge on any atom is -0.492 e. The fraction of sp³-hybridized carbons (Fsp3) is 0.125. The molecule has 0 atom stereocenters. The fourth-order valence-corrected chi connectivity index (χ4v) is 1.61. The van der Waals surface area contributed by atoms with Crippen LogP contribution >= 0.6 is 11.6 Å². The van der Waals surface area contributed by atoms with Gasteiger partial charge in [0.1, 0.15) is 12.4 Å². The molecular weight excluding hydrogens is 258 g/mol. The van der Waals surface area contributed by atoms with Crippen molar-refractivity contribution in [2.24, 2.45) is 5.73 Å². The highest BCUT2D eigenvalue weighted by atomic mass is 35.5. The maximum Gasteiger partial charge on any atom is 0.119 e. The molecule has 0 aliphatic carbocycles. The summed E-state index contributed by atoms with van der Waals surface area (Å²) in [5, 5.41) is 0.715. The Morgan fingerprint density at radius 3 is 1.95 bits per heavy atom. The zero-order chi connectivity index (χ0) is 13.5. The molecule has 0 bridgehead atoms. The van der Waals surface area contributed by atoms with Gasteiger partial charge in [0.05, 0.1) is 0 Å². The minimum atomic E-state index is 0.512. The van der Waals surface area contributed by atoms with Gasteiger partial charge >= 0.3 is 0 Å². The minimum absolute atomic E-state index is 0.512. The van der Waals surface area contributed by atoms with E-state index in [0.717, 1.165) is 16.9 Å². The van der Waals surface area contributed by atoms with Crippen molar-refractivity contribution >= 4 is 11.6 Å². The predicted octanol–water partition coefficient (Wildman–Crippen LogP) is 3.08. The number of hydrogen-bond acceptors (Lipinski definition) is 2. The normalized spacial score (nSPS) is 9.58. The molecule has 19 heavy (non-hydrogen) atoms. The number of halogens is 1. The van der Waals surface area contributed by atoms with E-state index in [1.54, 1.807) is 0 Å². The van der Waals surface area contributed by atoms with E-state index in [1.165, 1.54) is 0 Å². The van der Waals surface area contributed by atoms with Gasteiger partial charge < -0.3 is 10.5 Å². The van der Waals surface area contributed by atoms with Crippen LogP contribution in [0.2, 0.25) is 5.02 Å². The van der Waals surface area contributed by atoms with Crippen LogP contribution in [0.25, 0.3) is 0 Å². The summed E-state index contributed by atoms with van der Waals surface area (Å²) in [5.74, 6) is 6.98. The van der Waals surface area contributed by atoms with Crippen LogP contribution in [0.5, 0.6) is 5.75 Å². The highest BCUT2D eigenvalue weighted by Crippen LogP contribution is 2.12. The average Bonchev–Trinajstić information content (AvgIpc) is 2.46. The van der Waals surface area contributed by atoms with Gasteiger partial charge in [-0.15, -0.1) is 0 Å². The van der Waals surface area contributed by atoms with Crippen molar-refractivity contribution in [2.75, 3.05) is 13.2 Å². The molecule has 0 saturated heterocycles. The van der Waals surface area contributed by atoms with Crippen molar-refractivity contribution in [3.8, 4) is 17.6 Å². The molecule has 0 amide bonds. The van der Waals surface area contributed by atoms with E-state index < -0.39 is 0 Å². The first-order valence-corrected chi connectivity index (χ1v) is 6.36. The number of nitrogens with two attached hydrogens (primary N) is 1. The maximum atomic E-state index is 5.82. The van der Waals surface area contributed by atoms with E-state index in [0.29, 0.717) is 18.2 Å². The van der Waals surface area contributed by atoms with Crippen LogP contribution < -0.4 is 10.5 Å². The van der Waals surface area contributed by atoms with Crippen molar-refractivity contribution in [3.63, 3.8) is 0 Å². The van der Waals surface area contributed by atoms with Gasteiger partial charge in [0.2, 0.25) is 0 Å². The zero-order valence-electron chi connectivity index (χ0n) is 10.4. The smallest absolute Gasteiger partial charge is 0.119 e. The Hall–Kier alpha value is -1.95. The van der Waals surface area contributed by atoms with Crippen LogP contribution in [0.15, 0.2) is 48.5 Å². The fourth-order valence-electron chi connectivity index (χ4n) is 1.49. The van der Waals surface area contributed by atoms with Gasteiger partial charge in [-0.2, -0.15) is 0 Å². The molecular formula is C16H14ClNO. The van der Waals surface area contributed by atoms with Crippen molar-refractivity contribution in [3.05, 3.63) is 64.7 Å². The Bertz CT molecular complexity index is 579. The Morgan fingerprint density at radius 1 is 0.895 bits per heavy atom. The van der Waals surface area contributed by atoms with Crippen LogP contribution in [0.3, 0.4) is 0 Å². The Morgan fingerprint density at radius 2 is 1.42 bits per heavy atom. The predicted molar refractivity (Wildman–Crippen MR) is 78.4 cm³/mol. The summed E-state index contributed by atoms with van der Waals surface area (Å²) >= 11 is 5.82. The van der Waals surface area contributed by atoms with Gasteiger partial charge in [-0.1, -0.05) is 23.4 Å². The first kappa shape index (κ1) is 13.5. The van der Waals surface area contributed by atoms with Gasteiger partial charge in [0.25, 0.3) is 0 Å². The number of rotatable bonds is 3. The molecule has 0 spiro atoms. The molecule has 2 N–H and O–H groups in total. The molecule has 0 aliphatic heterocycles. The van der Waals surface area contributed by atoms with Gasteiger partial charge in [-0.25, -0.2) is 0 Å². The Balaban J connectivity index is 2.05. The second-order valence-electron chi connectivity index (χ2n) is 3.92. The molecule has 0 radical (unpaired) electrons. The molecule has 0 aliphatic rings. The Kier molecular flexibility index (Phi) is 4.85. The third kappa shape index (κ3) is 4.33. The summed E-state index contributed by atoms with van der Waals surface area (Å²) in [5.41, 5.74) is 7.25. The van der Waals surface area contributed by atoms with Crippen LogP contribution in [-0.4, -0.2) is 13.2 Å². The largest absolute Gasteiger partial charge is 0.492 e. The van der Waals surface area contributed by atoms with E-state index in [9.17, 15) is 0 Å². The summed E-state index contributed by atoms with van der Waals surface area (Å²) in [6.07, 6.45) is 0. The monoisotopic (exact) mass is 271 g/mol. The molecule has 0 fully saturated rings. The van der Waals surface area contributed by atoms with Crippen LogP contribution in [-0.2, 0) is 0 Å². The van der Waals surface area contributed by atoms with E-state index in [2.05, 4.69) is 11.8 Å². The lowest BCUT2D eigenvalue weighted by atomic mass is 10.2. The molecule has 2 rings (SSSR count). The van der Waals surface area contributed by atoms with E-state index >= 15 is 0 Å². The highest BCUT2D eigenvalue weighted by Gasteiger charge is 1.93. The van der Waals surface area contributed by atoms with Crippen molar-refractivity contribution in [1.29, 1.82) is 0 Å². The third-order valence-electron chi connectivity index (χ3n) is 2.44. The lowest BCUT2D eigenvalue weighted by Crippen LogP contribution is -2.10. The molecule has 0 unspecified atom stereocenters. The third-order valence-corrected chi connectivity index (χ3v) is 2.69. The number of ether oxygens (including phenoxy) is 1. The lowest BCUT2D eigenvalue weighted by Gasteiger charge is -2.03. The molecule has 96 valence electrons. The Labute approximate surface area is 118 Å². The highest BCUT2D eigenvalue weighted by molar-refractivity contribution is 6.30. The number of benzene rings is 2. The van der Waals surface area contributed by atoms with Crippen molar-refractivity contribution < 1.29 is 4.74 Å². The summed E-state index contributed by atoms with van der Waals surface area (Å²) in [6, 6.07) is 15.1. The van der Waals surface area contributed by atoms with E-state index in [-0.39, 0.29) is 0 Å². The van der Waals surface area contributed by atoms with Crippen LogP contribution in [0.1, 0.15) is 11.1 Å². The first-order chi connectivity index (χ1) is 9.28. The molecule has 0 heterocycles. The zero-order valence-corrected chi connectivity index (χ0v) is 11.2. The molecule has 2 nitrogen and oxygen atoms in total. The SMILES string of the molecule is NCCOc1ccc(C#Cc2ccc(Cl)cc2)cc1. The van der Waals surface area contributed by atoms with Gasteiger partial charge in [0.15, 0.2) is 0 Å². The maximum absolute atomic E-state index is 5.82. The topological polar surface area (TPSA) is 35.2 Å². The van der Waals surface area contributed by atoms with Gasteiger partial charge in [-0.3, -0.25) is 0 Å². The molecule has 3 heteroatoms. The molecule has 0 aromatic heterocycles. The quantitative estimate of drug-likeness (QED) is 0.871. The summed E-state index contributed by atoms with van der Waals surface area (Å²) < 4.78 is 5.40. The summed E-state index contributed by atoms with van der Waals surface area (Å²) in [6.45, 7) is 1.04.